The summed E-state index contributed by atoms with van der Waals surface area (Å²) in [6.45, 7) is 0. The molecule has 0 saturated carbocycles. The summed E-state index contributed by atoms with van der Waals surface area (Å²) in [5.41, 5.74) is 0. The molecular weight excluding hydrogens is 115 g/mol. The van der Waals surface area contributed by atoms with Crippen molar-refractivity contribution in [3.8, 4) is 0 Å². The Bertz CT molecular complexity index is 7.61. The zero-order valence-corrected chi connectivity index (χ0v) is 3.83. The van der Waals surface area contributed by atoms with Crippen LogP contribution in [-0.2, 0) is 3.84 Å². The van der Waals surface area contributed by atoms with Gasteiger partial charge in [0, 0.05) is 0 Å². The predicted molar refractivity (Wildman–Crippen MR) is 21.2 cm³/mol. The van der Waals surface area contributed by atoms with E-state index in [9.17, 15) is 0 Å². The molecule has 0 aromatic carbocycles. The highest BCUT2D eigenvalue weighted by Gasteiger charge is 1.38. The van der Waals surface area contributed by atoms with Gasteiger partial charge in [-0.25, -0.2) is 0 Å². The van der Waals surface area contributed by atoms with E-state index in [1.54, 1.807) is 0 Å². The lowest BCUT2D eigenvalue weighted by Crippen LogP contribution is -2.02. The first kappa shape index (κ1) is 9.07. The van der Waals surface area contributed by atoms with Crippen LogP contribution >= 0.6 is 23.7 Å². The van der Waals surface area contributed by atoms with Gasteiger partial charge < -0.3 is 0 Å². The Kier molecular flexibility index (Phi) is 45.4. The molecule has 4 N–H and O–H groups in total. The van der Waals surface area contributed by atoms with Gasteiger partial charge in [0.1, 0.15) is 0 Å². The Labute approximate surface area is 40.1 Å². The Balaban J connectivity index is 0. The largest absolute Gasteiger partial charge is 0.274 e. The van der Waals surface area contributed by atoms with Crippen molar-refractivity contribution in [1.82, 2.24) is 0 Å². The zero-order valence-electron chi connectivity index (χ0n) is 2.32. The number of hydrogen-bond donors (Lipinski definition) is 2. The van der Waals surface area contributed by atoms with Crippen LogP contribution in [-0.4, -0.2) is 0 Å². The molecule has 0 aliphatic rings. The van der Waals surface area contributed by atoms with Gasteiger partial charge in [-0.05, 0) is 0 Å². The third-order valence-electron chi connectivity index (χ3n) is 0. The molecule has 0 aliphatic carbocycles. The van der Waals surface area contributed by atoms with Crippen LogP contribution in [0.4, 0.5) is 0 Å². The molecule has 0 amide bonds. The fraction of sp³-hybridized carbons (Fsp3) is 0. The van der Waals surface area contributed by atoms with Crippen LogP contribution in [0.3, 0.4) is 0 Å². The van der Waals surface area contributed by atoms with E-state index in [0.29, 0.717) is 0 Å². The van der Waals surface area contributed by atoms with Crippen LogP contribution < -0.4 is 11.7 Å². The lowest BCUT2D eigenvalue weighted by molar-refractivity contribution is 0.697. The van der Waals surface area contributed by atoms with E-state index in [-0.39, 0.29) is 0 Å². The summed E-state index contributed by atoms with van der Waals surface area (Å²) < 4.78 is 3.19. The molecular formula is H4Cl2N2O. The predicted octanol–water partition coefficient (Wildman–Crippen LogP) is 0.129. The molecule has 0 rings (SSSR count). The normalized spacial score (nSPS) is 4.80. The summed E-state index contributed by atoms with van der Waals surface area (Å²) in [5, 5.41) is 0. The second kappa shape index (κ2) is 25.0. The van der Waals surface area contributed by atoms with Crippen LogP contribution in [0.2, 0.25) is 0 Å². The van der Waals surface area contributed by atoms with Crippen molar-refractivity contribution < 1.29 is 3.84 Å². The van der Waals surface area contributed by atoms with Gasteiger partial charge in [0.25, 0.3) is 0 Å². The maximum Gasteiger partial charge on any atom is 0.0832 e. The highest BCUT2D eigenvalue weighted by molar-refractivity contribution is 6.24. The summed E-state index contributed by atoms with van der Waals surface area (Å²) in [5.74, 6) is 8.00. The van der Waals surface area contributed by atoms with Crippen molar-refractivity contribution in [1.29, 1.82) is 0 Å². The average Bonchev–Trinajstić information content (AvgIpc) is 1.46. The van der Waals surface area contributed by atoms with Crippen LogP contribution in [0.15, 0.2) is 0 Å². The second-order valence-electron chi connectivity index (χ2n) is 0.0583. The molecule has 0 spiro atoms. The van der Waals surface area contributed by atoms with E-state index >= 15 is 0 Å². The lowest BCUT2D eigenvalue weighted by atomic mass is 13.0. The van der Waals surface area contributed by atoms with Crippen molar-refractivity contribution in [2.75, 3.05) is 0 Å². The Morgan fingerprint density at radius 3 is 1.20 bits per heavy atom. The van der Waals surface area contributed by atoms with Gasteiger partial charge in [0.2, 0.25) is 0 Å². The Morgan fingerprint density at radius 2 is 1.20 bits per heavy atom. The standard InChI is InChI=1S/Cl2O.H4N2/c1-3-2;1-2/h;1-2H2. The van der Waals surface area contributed by atoms with Crippen molar-refractivity contribution in [2.24, 2.45) is 11.7 Å². The minimum atomic E-state index is 3.19. The summed E-state index contributed by atoms with van der Waals surface area (Å²) in [6, 6.07) is 0. The van der Waals surface area contributed by atoms with Gasteiger partial charge in [-0.3, -0.25) is 11.7 Å². The molecule has 0 aliphatic heterocycles. The number of hydrogen-bond acceptors (Lipinski definition) is 3. The van der Waals surface area contributed by atoms with Gasteiger partial charge in [-0.2, -0.15) is 3.84 Å². The Morgan fingerprint density at radius 1 is 1.20 bits per heavy atom. The minimum Gasteiger partial charge on any atom is -0.274 e. The molecule has 0 saturated heterocycles. The molecule has 34 valence electrons. The molecule has 3 nitrogen and oxygen atoms in total. The maximum absolute atomic E-state index is 4.26. The van der Waals surface area contributed by atoms with Gasteiger partial charge in [0.05, 0.1) is 23.7 Å². The van der Waals surface area contributed by atoms with Crippen LogP contribution in [0, 0.1) is 0 Å². The minimum absolute atomic E-state index is 3.19. The molecule has 0 aromatic rings. The first-order valence-corrected chi connectivity index (χ1v) is 1.26. The molecule has 0 radical (unpaired) electrons. The monoisotopic (exact) mass is 118 g/mol. The van der Waals surface area contributed by atoms with E-state index in [0.717, 1.165) is 0 Å². The average molecular weight is 119 g/mol. The number of nitrogens with two attached hydrogens (primary N) is 2. The van der Waals surface area contributed by atoms with Crippen LogP contribution in [0.25, 0.3) is 0 Å². The first-order chi connectivity index (χ1) is 2.41. The molecule has 0 heterocycles. The van der Waals surface area contributed by atoms with Gasteiger partial charge >= 0.3 is 0 Å². The van der Waals surface area contributed by atoms with E-state index in [4.69, 9.17) is 0 Å². The van der Waals surface area contributed by atoms with Crippen molar-refractivity contribution in [3.05, 3.63) is 0 Å². The fourth-order valence-electron chi connectivity index (χ4n) is 0. The van der Waals surface area contributed by atoms with E-state index in [1.807, 2.05) is 0 Å². The summed E-state index contributed by atoms with van der Waals surface area (Å²) in [7, 11) is 0. The Hall–Kier alpha value is 0.460. The van der Waals surface area contributed by atoms with Gasteiger partial charge in [-0.1, -0.05) is 0 Å². The second-order valence-corrected chi connectivity index (χ2v) is 0.525. The van der Waals surface area contributed by atoms with Gasteiger partial charge in [-0.15, -0.1) is 0 Å². The van der Waals surface area contributed by atoms with E-state index in [1.165, 1.54) is 0 Å². The molecule has 0 unspecified atom stereocenters. The van der Waals surface area contributed by atoms with Gasteiger partial charge in [0.15, 0.2) is 0 Å². The zero-order chi connectivity index (χ0) is 4.71. The van der Waals surface area contributed by atoms with E-state index < -0.39 is 0 Å². The topological polar surface area (TPSA) is 61.3 Å². The SMILES string of the molecule is ClOCl.NN. The molecule has 0 fully saturated rings. The van der Waals surface area contributed by atoms with Crippen molar-refractivity contribution in [2.45, 2.75) is 0 Å². The quantitative estimate of drug-likeness (QED) is 0.352. The molecule has 0 atom stereocenters. The molecule has 0 bridgehead atoms. The van der Waals surface area contributed by atoms with Crippen LogP contribution in [0.1, 0.15) is 0 Å². The van der Waals surface area contributed by atoms with Crippen LogP contribution in [0.5, 0.6) is 0 Å². The number of hydrazine groups is 1. The molecule has 0 aromatic heterocycles. The highest BCUT2D eigenvalue weighted by Crippen LogP contribution is 1.78. The smallest absolute Gasteiger partial charge is 0.0832 e. The third-order valence-corrected chi connectivity index (χ3v) is 0. The van der Waals surface area contributed by atoms with Crippen molar-refractivity contribution >= 4 is 23.7 Å². The maximum atomic E-state index is 4.26. The summed E-state index contributed by atoms with van der Waals surface area (Å²) in [6.07, 6.45) is 0. The summed E-state index contributed by atoms with van der Waals surface area (Å²) in [4.78, 5) is 0. The number of rotatable bonds is 0. The summed E-state index contributed by atoms with van der Waals surface area (Å²) >= 11 is 8.53. The lowest BCUT2D eigenvalue weighted by Gasteiger charge is -1.46. The fourth-order valence-corrected chi connectivity index (χ4v) is 0. The van der Waals surface area contributed by atoms with Crippen molar-refractivity contribution in [3.63, 3.8) is 0 Å². The van der Waals surface area contributed by atoms with E-state index in [2.05, 4.69) is 39.3 Å². The first-order valence-electron chi connectivity index (χ1n) is 0.642. The number of halogens is 2. The highest BCUT2D eigenvalue weighted by atomic mass is 35.6. The third kappa shape index (κ3) is 128. The molecule has 5 heteroatoms. The molecule has 5 heavy (non-hydrogen) atoms.